The van der Waals surface area contributed by atoms with Crippen LogP contribution in [0, 0.1) is 0 Å². The Labute approximate surface area is 164 Å². The zero-order chi connectivity index (χ0) is 19.6. The van der Waals surface area contributed by atoms with Crippen LogP contribution in [0.3, 0.4) is 0 Å². The first-order valence-corrected chi connectivity index (χ1v) is 8.64. The lowest BCUT2D eigenvalue weighted by atomic mass is 10.1. The van der Waals surface area contributed by atoms with Gasteiger partial charge in [0.15, 0.2) is 0 Å². The number of carbonyl (C=O) groups is 2. The van der Waals surface area contributed by atoms with Gasteiger partial charge < -0.3 is 14.6 Å². The fourth-order valence-electron chi connectivity index (χ4n) is 2.50. The highest BCUT2D eigenvalue weighted by molar-refractivity contribution is 6.39. The van der Waals surface area contributed by atoms with Gasteiger partial charge in [-0.05, 0) is 24.3 Å². The first-order valence-electron chi connectivity index (χ1n) is 7.89. The van der Waals surface area contributed by atoms with Crippen LogP contribution in [0.2, 0.25) is 10.0 Å². The van der Waals surface area contributed by atoms with E-state index in [2.05, 4.69) is 5.32 Å². The Morgan fingerprint density at radius 2 is 1.74 bits per heavy atom. The maximum absolute atomic E-state index is 12.6. The van der Waals surface area contributed by atoms with Gasteiger partial charge in [-0.3, -0.25) is 9.59 Å². The largest absolute Gasteiger partial charge is 0.422 e. The molecular weight excluding hydrogens is 391 g/mol. The number of fused-ring (bicyclic) bond motifs is 1. The number of amides is 2. The number of nitrogens with zero attached hydrogens (tertiary/aromatic N) is 1. The van der Waals surface area contributed by atoms with E-state index in [0.717, 1.165) is 4.90 Å². The average molecular weight is 405 g/mol. The molecule has 0 fully saturated rings. The molecule has 0 spiro atoms. The number of hydrogen-bond acceptors (Lipinski definition) is 4. The SMILES string of the molecule is CN(CC(=O)Nc1c(Cl)cccc1Cl)C(=O)c1cc2ccccc2oc1=O. The molecular formula is C19H14Cl2N2O4. The van der Waals surface area contributed by atoms with Crippen LogP contribution in [-0.2, 0) is 4.79 Å². The second kappa shape index (κ2) is 7.82. The molecule has 3 aromatic rings. The quantitative estimate of drug-likeness (QED) is 0.670. The van der Waals surface area contributed by atoms with Crippen LogP contribution in [0.4, 0.5) is 5.69 Å². The van der Waals surface area contributed by atoms with Crippen LogP contribution in [-0.4, -0.2) is 30.3 Å². The first kappa shape index (κ1) is 18.9. The van der Waals surface area contributed by atoms with Gasteiger partial charge in [0.2, 0.25) is 5.91 Å². The smallest absolute Gasteiger partial charge is 0.349 e. The predicted octanol–water partition coefficient (Wildman–Crippen LogP) is 3.81. The van der Waals surface area contributed by atoms with Crippen molar-refractivity contribution in [2.24, 2.45) is 0 Å². The predicted molar refractivity (Wildman–Crippen MR) is 105 cm³/mol. The minimum Gasteiger partial charge on any atom is -0.422 e. The Kier molecular flexibility index (Phi) is 5.48. The lowest BCUT2D eigenvalue weighted by Crippen LogP contribution is -2.37. The number of carbonyl (C=O) groups excluding carboxylic acids is 2. The van der Waals surface area contributed by atoms with Gasteiger partial charge >= 0.3 is 5.63 Å². The normalized spacial score (nSPS) is 10.6. The summed E-state index contributed by atoms with van der Waals surface area (Å²) in [7, 11) is 1.41. The van der Waals surface area contributed by atoms with Crippen LogP contribution in [0.25, 0.3) is 11.0 Å². The van der Waals surface area contributed by atoms with Gasteiger partial charge in [-0.2, -0.15) is 0 Å². The maximum Gasteiger partial charge on any atom is 0.349 e. The second-order valence-electron chi connectivity index (χ2n) is 5.79. The number of likely N-dealkylation sites (N-methyl/N-ethyl adjacent to an activating group) is 1. The Bertz CT molecular complexity index is 1070. The van der Waals surface area contributed by atoms with Gasteiger partial charge in [0, 0.05) is 12.4 Å². The van der Waals surface area contributed by atoms with Crippen LogP contribution in [0.5, 0.6) is 0 Å². The monoisotopic (exact) mass is 404 g/mol. The number of para-hydroxylation sites is 2. The van der Waals surface area contributed by atoms with Gasteiger partial charge in [-0.15, -0.1) is 0 Å². The molecule has 1 heterocycles. The first-order chi connectivity index (χ1) is 12.9. The molecule has 0 radical (unpaired) electrons. The summed E-state index contributed by atoms with van der Waals surface area (Å²) in [5, 5.41) is 3.73. The third-order valence-corrected chi connectivity index (χ3v) is 4.46. The molecule has 0 saturated carbocycles. The standard InChI is InChI=1S/C19H14Cl2N2O4/c1-23(10-16(24)22-17-13(20)6-4-7-14(17)21)18(25)12-9-11-5-2-3-8-15(11)27-19(12)26/h2-9H,10H2,1H3,(H,22,24). The molecule has 138 valence electrons. The van der Waals surface area contributed by atoms with Gasteiger partial charge in [-0.25, -0.2) is 4.79 Å². The van der Waals surface area contributed by atoms with Crippen molar-refractivity contribution in [1.82, 2.24) is 4.90 Å². The van der Waals surface area contributed by atoms with Gasteiger partial charge in [0.1, 0.15) is 11.1 Å². The van der Waals surface area contributed by atoms with Crippen molar-refractivity contribution >= 4 is 51.7 Å². The summed E-state index contributed by atoms with van der Waals surface area (Å²) in [4.78, 5) is 38.0. The van der Waals surface area contributed by atoms with E-state index in [-0.39, 0.29) is 27.8 Å². The number of rotatable bonds is 4. The number of hydrogen-bond donors (Lipinski definition) is 1. The fraction of sp³-hybridized carbons (Fsp3) is 0.105. The van der Waals surface area contributed by atoms with E-state index in [1.165, 1.54) is 13.1 Å². The lowest BCUT2D eigenvalue weighted by molar-refractivity contribution is -0.116. The van der Waals surface area contributed by atoms with Crippen LogP contribution >= 0.6 is 23.2 Å². The molecule has 0 aliphatic rings. The molecule has 1 aromatic heterocycles. The van der Waals surface area contributed by atoms with E-state index in [1.807, 2.05) is 0 Å². The van der Waals surface area contributed by atoms with Crippen molar-refractivity contribution in [3.8, 4) is 0 Å². The minimum absolute atomic E-state index is 0.153. The van der Waals surface area contributed by atoms with Gasteiger partial charge in [-0.1, -0.05) is 47.5 Å². The molecule has 8 heteroatoms. The topological polar surface area (TPSA) is 79.6 Å². The summed E-state index contributed by atoms with van der Waals surface area (Å²) in [5.41, 5.74) is -0.274. The minimum atomic E-state index is -0.764. The molecule has 2 aromatic carbocycles. The zero-order valence-corrected chi connectivity index (χ0v) is 15.7. The average Bonchev–Trinajstić information content (AvgIpc) is 2.63. The van der Waals surface area contributed by atoms with Crippen LogP contribution in [0.15, 0.2) is 57.7 Å². The highest BCUT2D eigenvalue weighted by atomic mass is 35.5. The van der Waals surface area contributed by atoms with Crippen molar-refractivity contribution in [2.45, 2.75) is 0 Å². The summed E-state index contributed by atoms with van der Waals surface area (Å²) in [6.45, 7) is -0.299. The summed E-state index contributed by atoms with van der Waals surface area (Å²) in [6, 6.07) is 13.1. The molecule has 1 N–H and O–H groups in total. The molecule has 0 unspecified atom stereocenters. The Balaban J connectivity index is 1.77. The molecule has 0 atom stereocenters. The summed E-state index contributed by atoms with van der Waals surface area (Å²) in [6.07, 6.45) is 0. The van der Waals surface area contributed by atoms with E-state index in [9.17, 15) is 14.4 Å². The van der Waals surface area contributed by atoms with E-state index < -0.39 is 17.4 Å². The third kappa shape index (κ3) is 4.13. The van der Waals surface area contributed by atoms with E-state index in [1.54, 1.807) is 42.5 Å². The number of nitrogens with one attached hydrogen (secondary N) is 1. The molecule has 0 saturated heterocycles. The number of halogens is 2. The lowest BCUT2D eigenvalue weighted by Gasteiger charge is -2.17. The fourth-order valence-corrected chi connectivity index (χ4v) is 2.99. The highest BCUT2D eigenvalue weighted by Crippen LogP contribution is 2.29. The number of anilines is 1. The molecule has 27 heavy (non-hydrogen) atoms. The maximum atomic E-state index is 12.6. The second-order valence-corrected chi connectivity index (χ2v) is 6.61. The van der Waals surface area contributed by atoms with E-state index >= 15 is 0 Å². The van der Waals surface area contributed by atoms with E-state index in [4.69, 9.17) is 27.6 Å². The summed E-state index contributed by atoms with van der Waals surface area (Å²) >= 11 is 12.0. The van der Waals surface area contributed by atoms with Crippen molar-refractivity contribution in [3.05, 3.63) is 74.6 Å². The zero-order valence-electron chi connectivity index (χ0n) is 14.2. The molecule has 0 bridgehead atoms. The van der Waals surface area contributed by atoms with E-state index in [0.29, 0.717) is 11.0 Å². The van der Waals surface area contributed by atoms with Crippen LogP contribution < -0.4 is 10.9 Å². The van der Waals surface area contributed by atoms with Crippen molar-refractivity contribution in [1.29, 1.82) is 0 Å². The molecule has 0 aliphatic carbocycles. The van der Waals surface area contributed by atoms with Gasteiger partial charge in [0.25, 0.3) is 5.91 Å². The van der Waals surface area contributed by atoms with Crippen LogP contribution in [0.1, 0.15) is 10.4 Å². The summed E-state index contributed by atoms with van der Waals surface area (Å²) in [5.74, 6) is -1.14. The highest BCUT2D eigenvalue weighted by Gasteiger charge is 2.20. The molecule has 3 rings (SSSR count). The molecule has 6 nitrogen and oxygen atoms in total. The Morgan fingerprint density at radius 3 is 2.44 bits per heavy atom. The summed E-state index contributed by atoms with van der Waals surface area (Å²) < 4.78 is 5.16. The van der Waals surface area contributed by atoms with Gasteiger partial charge in [0.05, 0.1) is 22.3 Å². The Hall–Kier alpha value is -2.83. The van der Waals surface area contributed by atoms with Crippen molar-refractivity contribution in [3.63, 3.8) is 0 Å². The number of benzene rings is 2. The third-order valence-electron chi connectivity index (χ3n) is 3.83. The molecule has 2 amide bonds. The van der Waals surface area contributed by atoms with Crippen molar-refractivity contribution in [2.75, 3.05) is 18.9 Å². The van der Waals surface area contributed by atoms with Crippen molar-refractivity contribution < 1.29 is 14.0 Å². The Morgan fingerprint density at radius 1 is 1.07 bits per heavy atom. The molecule has 0 aliphatic heterocycles.